The van der Waals surface area contributed by atoms with Gasteiger partial charge in [0, 0.05) is 11.1 Å². The van der Waals surface area contributed by atoms with Gasteiger partial charge in [-0.3, -0.25) is 0 Å². The zero-order valence-electron chi connectivity index (χ0n) is 12.0. The first-order valence-corrected chi connectivity index (χ1v) is 6.85. The molecule has 0 aliphatic heterocycles. The highest BCUT2D eigenvalue weighted by molar-refractivity contribution is 5.28. The first-order valence-electron chi connectivity index (χ1n) is 6.85. The van der Waals surface area contributed by atoms with Gasteiger partial charge in [0.2, 0.25) is 0 Å². The van der Waals surface area contributed by atoms with Gasteiger partial charge in [-0.2, -0.15) is 0 Å². The van der Waals surface area contributed by atoms with Crippen LogP contribution >= 0.6 is 0 Å². The summed E-state index contributed by atoms with van der Waals surface area (Å²) in [5.74, 6) is 0.344. The molecular formula is C16H26N2. The summed E-state index contributed by atoms with van der Waals surface area (Å²) in [5, 5.41) is 0. The molecule has 0 radical (unpaired) electrons. The topological polar surface area (TPSA) is 52.0 Å². The second-order valence-corrected chi connectivity index (χ2v) is 6.77. The second-order valence-electron chi connectivity index (χ2n) is 6.77. The zero-order chi connectivity index (χ0) is 13.6. The van der Waals surface area contributed by atoms with Gasteiger partial charge in [0.25, 0.3) is 0 Å². The van der Waals surface area contributed by atoms with E-state index in [4.69, 9.17) is 11.5 Å². The Bertz CT molecular complexity index is 422. The molecule has 1 aromatic carbocycles. The summed E-state index contributed by atoms with van der Waals surface area (Å²) in [6, 6.07) is 10.5. The third kappa shape index (κ3) is 1.79. The molecule has 100 valence electrons. The van der Waals surface area contributed by atoms with Gasteiger partial charge < -0.3 is 11.5 Å². The van der Waals surface area contributed by atoms with E-state index >= 15 is 0 Å². The smallest absolute Gasteiger partial charge is 0.0442 e. The largest absolute Gasteiger partial charge is 0.325 e. The molecule has 4 N–H and O–H groups in total. The molecule has 2 heteroatoms. The van der Waals surface area contributed by atoms with Gasteiger partial charge in [0.15, 0.2) is 0 Å². The van der Waals surface area contributed by atoms with Gasteiger partial charge in [0.05, 0.1) is 0 Å². The van der Waals surface area contributed by atoms with Crippen molar-refractivity contribution in [1.82, 2.24) is 0 Å². The highest BCUT2D eigenvalue weighted by Gasteiger charge is 2.54. The Hall–Kier alpha value is -0.860. The highest BCUT2D eigenvalue weighted by atomic mass is 14.9. The molecule has 2 rings (SSSR count). The third-order valence-electron chi connectivity index (χ3n) is 5.70. The fourth-order valence-corrected chi connectivity index (χ4v) is 3.29. The molecule has 0 aromatic heterocycles. The van der Waals surface area contributed by atoms with E-state index in [1.807, 2.05) is 6.07 Å². The standard InChI is InChI=1S/C16H26N2/c1-12-14(2,3)15(4,17)10-11-16(12,18)13-8-6-5-7-9-13/h5-9,12H,10-11,17-18H2,1-4H3. The van der Waals surface area contributed by atoms with Crippen molar-refractivity contribution in [2.75, 3.05) is 0 Å². The van der Waals surface area contributed by atoms with E-state index in [1.54, 1.807) is 0 Å². The number of rotatable bonds is 1. The first kappa shape index (κ1) is 13.6. The van der Waals surface area contributed by atoms with Gasteiger partial charge in [-0.05, 0) is 36.7 Å². The molecular weight excluding hydrogens is 220 g/mol. The summed E-state index contributed by atoms with van der Waals surface area (Å²) >= 11 is 0. The van der Waals surface area contributed by atoms with Crippen molar-refractivity contribution in [1.29, 1.82) is 0 Å². The Kier molecular flexibility index (Phi) is 3.07. The molecule has 0 bridgehead atoms. The molecule has 0 saturated heterocycles. The lowest BCUT2D eigenvalue weighted by Crippen LogP contribution is -2.64. The predicted molar refractivity (Wildman–Crippen MR) is 77.1 cm³/mol. The first-order chi connectivity index (χ1) is 8.22. The maximum absolute atomic E-state index is 6.77. The van der Waals surface area contributed by atoms with E-state index < -0.39 is 0 Å². The molecule has 1 fully saturated rings. The summed E-state index contributed by atoms with van der Waals surface area (Å²) in [5.41, 5.74) is 14.1. The van der Waals surface area contributed by atoms with Crippen LogP contribution in [0.3, 0.4) is 0 Å². The lowest BCUT2D eigenvalue weighted by Gasteiger charge is -2.57. The van der Waals surface area contributed by atoms with Gasteiger partial charge in [-0.1, -0.05) is 51.1 Å². The van der Waals surface area contributed by atoms with E-state index in [-0.39, 0.29) is 16.5 Å². The molecule has 0 heterocycles. The van der Waals surface area contributed by atoms with Crippen molar-refractivity contribution in [2.45, 2.75) is 51.6 Å². The van der Waals surface area contributed by atoms with Crippen molar-refractivity contribution in [2.24, 2.45) is 22.8 Å². The Morgan fingerprint density at radius 2 is 1.56 bits per heavy atom. The summed E-state index contributed by atoms with van der Waals surface area (Å²) in [6.45, 7) is 8.91. The van der Waals surface area contributed by atoms with Crippen LogP contribution < -0.4 is 11.5 Å². The molecule has 1 aliphatic rings. The van der Waals surface area contributed by atoms with Crippen molar-refractivity contribution in [3.05, 3.63) is 35.9 Å². The average molecular weight is 246 g/mol. The zero-order valence-corrected chi connectivity index (χ0v) is 12.0. The Balaban J connectivity index is 2.43. The van der Waals surface area contributed by atoms with Gasteiger partial charge in [-0.15, -0.1) is 0 Å². The van der Waals surface area contributed by atoms with Crippen LogP contribution in [0, 0.1) is 11.3 Å². The van der Waals surface area contributed by atoms with Crippen LogP contribution in [0.15, 0.2) is 30.3 Å². The minimum atomic E-state index is -0.260. The van der Waals surface area contributed by atoms with Crippen LogP contribution in [0.25, 0.3) is 0 Å². The maximum atomic E-state index is 6.77. The molecule has 0 amide bonds. The van der Waals surface area contributed by atoms with E-state index in [1.165, 1.54) is 5.56 Å². The highest BCUT2D eigenvalue weighted by Crippen LogP contribution is 2.53. The molecule has 1 aliphatic carbocycles. The minimum absolute atomic E-state index is 0.0237. The minimum Gasteiger partial charge on any atom is -0.325 e. The fourth-order valence-electron chi connectivity index (χ4n) is 3.29. The summed E-state index contributed by atoms with van der Waals surface area (Å²) in [7, 11) is 0. The number of hydrogen-bond donors (Lipinski definition) is 2. The van der Waals surface area contributed by atoms with Crippen molar-refractivity contribution in [3.8, 4) is 0 Å². The van der Waals surface area contributed by atoms with Crippen LogP contribution in [-0.4, -0.2) is 5.54 Å². The van der Waals surface area contributed by atoms with Crippen molar-refractivity contribution >= 4 is 0 Å². The van der Waals surface area contributed by atoms with Crippen molar-refractivity contribution in [3.63, 3.8) is 0 Å². The van der Waals surface area contributed by atoms with Crippen molar-refractivity contribution < 1.29 is 0 Å². The Labute approximate surface area is 111 Å². The van der Waals surface area contributed by atoms with E-state index in [2.05, 4.69) is 52.0 Å². The summed E-state index contributed by atoms with van der Waals surface area (Å²) < 4.78 is 0. The predicted octanol–water partition coefficient (Wildman–Crippen LogP) is 3.01. The van der Waals surface area contributed by atoms with Crippen LogP contribution in [0.2, 0.25) is 0 Å². The van der Waals surface area contributed by atoms with E-state index in [0.717, 1.165) is 12.8 Å². The second kappa shape index (κ2) is 4.07. The Morgan fingerprint density at radius 3 is 2.11 bits per heavy atom. The normalized spacial score (nSPS) is 39.6. The molecule has 18 heavy (non-hydrogen) atoms. The van der Waals surface area contributed by atoms with Gasteiger partial charge in [-0.25, -0.2) is 0 Å². The van der Waals surface area contributed by atoms with E-state index in [9.17, 15) is 0 Å². The average Bonchev–Trinajstić information content (AvgIpc) is 2.34. The quantitative estimate of drug-likeness (QED) is 0.800. The summed E-state index contributed by atoms with van der Waals surface area (Å²) in [4.78, 5) is 0. The number of nitrogens with two attached hydrogens (primary N) is 2. The van der Waals surface area contributed by atoms with E-state index in [0.29, 0.717) is 5.92 Å². The van der Waals surface area contributed by atoms with Gasteiger partial charge in [0.1, 0.15) is 0 Å². The van der Waals surface area contributed by atoms with Crippen LogP contribution in [0.4, 0.5) is 0 Å². The van der Waals surface area contributed by atoms with Crippen LogP contribution in [-0.2, 0) is 5.54 Å². The van der Waals surface area contributed by atoms with Crippen LogP contribution in [0.5, 0.6) is 0 Å². The van der Waals surface area contributed by atoms with Gasteiger partial charge >= 0.3 is 0 Å². The molecule has 2 nitrogen and oxygen atoms in total. The number of hydrogen-bond acceptors (Lipinski definition) is 2. The third-order valence-corrected chi connectivity index (χ3v) is 5.70. The lowest BCUT2D eigenvalue weighted by atomic mass is 9.52. The molecule has 0 spiro atoms. The maximum Gasteiger partial charge on any atom is 0.0442 e. The number of benzene rings is 1. The van der Waals surface area contributed by atoms with Crippen LogP contribution in [0.1, 0.15) is 46.1 Å². The molecule has 1 saturated carbocycles. The monoisotopic (exact) mass is 246 g/mol. The SMILES string of the molecule is CC1C(N)(c2ccccc2)CCC(C)(N)C1(C)C. The summed E-state index contributed by atoms with van der Waals surface area (Å²) in [6.07, 6.45) is 1.92. The molecule has 3 atom stereocenters. The molecule has 3 unspecified atom stereocenters. The fraction of sp³-hybridized carbons (Fsp3) is 0.625. The molecule has 1 aromatic rings. The lowest BCUT2D eigenvalue weighted by molar-refractivity contribution is -0.00885. The Morgan fingerprint density at radius 1 is 1.00 bits per heavy atom.